The zero-order chi connectivity index (χ0) is 20.7. The molecule has 0 radical (unpaired) electrons. The number of methoxy groups -OCH3 is 1. The van der Waals surface area contributed by atoms with Gasteiger partial charge in [0.2, 0.25) is 0 Å². The smallest absolute Gasteiger partial charge is 0.310 e. The van der Waals surface area contributed by atoms with Crippen molar-refractivity contribution in [2.45, 2.75) is 92.0 Å². The van der Waals surface area contributed by atoms with Gasteiger partial charge in [0.15, 0.2) is 0 Å². The fraction of sp³-hybridized carbons (Fsp3) is 0.950. The van der Waals surface area contributed by atoms with Gasteiger partial charge in [0.25, 0.3) is 6.57 Å². The quantitative estimate of drug-likeness (QED) is 0.225. The molecule has 0 aromatic carbocycles. The molecule has 0 fully saturated rings. The van der Waals surface area contributed by atoms with E-state index >= 15 is 0 Å². The summed E-state index contributed by atoms with van der Waals surface area (Å²) in [7, 11) is 1.69. The molecule has 0 aliphatic heterocycles. The Morgan fingerprint density at radius 3 is 2.22 bits per heavy atom. The van der Waals surface area contributed by atoms with Crippen LogP contribution in [0.15, 0.2) is 0 Å². The fourth-order valence-corrected chi connectivity index (χ4v) is 7.43. The van der Waals surface area contributed by atoms with Crippen molar-refractivity contribution in [3.8, 4) is 0 Å². The molecule has 0 amide bonds. The van der Waals surface area contributed by atoms with Gasteiger partial charge in [0, 0.05) is 39.2 Å². The summed E-state index contributed by atoms with van der Waals surface area (Å²) in [6, 6.07) is 0.297. The summed E-state index contributed by atoms with van der Waals surface area (Å²) in [5.41, 5.74) is 0. The molecule has 162 valence electrons. The summed E-state index contributed by atoms with van der Waals surface area (Å²) in [5.74, 6) is -0.147. The summed E-state index contributed by atoms with van der Waals surface area (Å²) in [6.07, 6.45) is 8.10. The largest absolute Gasteiger partial charge is 0.410 e. The molecule has 5 nitrogen and oxygen atoms in total. The van der Waals surface area contributed by atoms with Crippen molar-refractivity contribution >= 4 is 24.3 Å². The Kier molecular flexibility index (Phi) is 15.9. The molecule has 0 N–H and O–H groups in total. The highest BCUT2D eigenvalue weighted by molar-refractivity contribution is 8.10. The molecular formula is C20H43N2O3PS. The van der Waals surface area contributed by atoms with Crippen LogP contribution in [-0.2, 0) is 25.9 Å². The van der Waals surface area contributed by atoms with Gasteiger partial charge in [-0.15, -0.1) is 0 Å². The van der Waals surface area contributed by atoms with Crippen molar-refractivity contribution in [3.05, 3.63) is 0 Å². The topological polar surface area (TPSA) is 42.0 Å². The van der Waals surface area contributed by atoms with Crippen molar-refractivity contribution in [1.29, 1.82) is 0 Å². The predicted molar refractivity (Wildman–Crippen MR) is 120 cm³/mol. The van der Waals surface area contributed by atoms with Gasteiger partial charge in [-0.1, -0.05) is 59.8 Å². The van der Waals surface area contributed by atoms with Crippen LogP contribution in [0.1, 0.15) is 86.0 Å². The minimum Gasteiger partial charge on any atom is -0.410 e. The van der Waals surface area contributed by atoms with E-state index < -0.39 is 6.57 Å². The first-order valence-electron chi connectivity index (χ1n) is 10.7. The van der Waals surface area contributed by atoms with Crippen LogP contribution in [0.3, 0.4) is 0 Å². The van der Waals surface area contributed by atoms with E-state index in [0.717, 1.165) is 58.0 Å². The van der Waals surface area contributed by atoms with E-state index in [4.69, 9.17) is 21.1 Å². The van der Waals surface area contributed by atoms with Crippen LogP contribution in [0.25, 0.3) is 0 Å². The zero-order valence-electron chi connectivity index (χ0n) is 18.5. The van der Waals surface area contributed by atoms with Crippen LogP contribution in [-0.4, -0.2) is 54.7 Å². The Balaban J connectivity index is 5.38. The number of hydrogen-bond acceptors (Lipinski definition) is 4. The lowest BCUT2D eigenvalue weighted by Crippen LogP contribution is -2.40. The first-order chi connectivity index (χ1) is 12.9. The number of carbonyl (C=O) groups excluding carboxylic acids is 1. The zero-order valence-corrected chi connectivity index (χ0v) is 20.2. The van der Waals surface area contributed by atoms with Crippen LogP contribution < -0.4 is 0 Å². The van der Waals surface area contributed by atoms with E-state index in [1.807, 2.05) is 0 Å². The van der Waals surface area contributed by atoms with Gasteiger partial charge in [-0.2, -0.15) is 0 Å². The minimum atomic E-state index is -2.61. The van der Waals surface area contributed by atoms with Gasteiger partial charge in [-0.25, -0.2) is 9.34 Å². The molecule has 0 bridgehead atoms. The normalized spacial score (nSPS) is 15.1. The predicted octanol–water partition coefficient (Wildman–Crippen LogP) is 5.59. The van der Waals surface area contributed by atoms with Gasteiger partial charge in [-0.3, -0.25) is 4.79 Å². The van der Waals surface area contributed by atoms with Crippen LogP contribution in [0.4, 0.5) is 0 Å². The summed E-state index contributed by atoms with van der Waals surface area (Å²) in [6.45, 7) is 11.0. The Bertz CT molecular complexity index is 437. The third kappa shape index (κ3) is 9.85. The van der Waals surface area contributed by atoms with Crippen molar-refractivity contribution in [2.24, 2.45) is 0 Å². The molecule has 0 aliphatic carbocycles. The Morgan fingerprint density at radius 1 is 1.04 bits per heavy atom. The van der Waals surface area contributed by atoms with E-state index in [9.17, 15) is 4.79 Å². The Morgan fingerprint density at radius 2 is 1.70 bits per heavy atom. The summed E-state index contributed by atoms with van der Waals surface area (Å²) in [4.78, 5) is 12.6. The van der Waals surface area contributed by atoms with Crippen LogP contribution in [0.5, 0.6) is 0 Å². The monoisotopic (exact) mass is 422 g/mol. The van der Waals surface area contributed by atoms with Crippen LogP contribution >= 0.6 is 6.57 Å². The number of nitrogens with zero attached hydrogens (tertiary/aromatic N) is 2. The third-order valence-corrected chi connectivity index (χ3v) is 9.38. The van der Waals surface area contributed by atoms with E-state index in [2.05, 4.69) is 44.0 Å². The van der Waals surface area contributed by atoms with Crippen molar-refractivity contribution in [2.75, 3.05) is 33.4 Å². The molecule has 2 unspecified atom stereocenters. The maximum Gasteiger partial charge on any atom is 0.310 e. The molecule has 0 saturated carbocycles. The molecule has 7 heteroatoms. The third-order valence-electron chi connectivity index (χ3n) is 4.86. The number of hydrogen-bond donors (Lipinski definition) is 0. The molecule has 0 aliphatic rings. The minimum absolute atomic E-state index is 0.147. The average Bonchev–Trinajstić information content (AvgIpc) is 2.64. The second-order valence-electron chi connectivity index (χ2n) is 7.05. The van der Waals surface area contributed by atoms with Gasteiger partial charge >= 0.3 is 5.97 Å². The molecule has 0 spiro atoms. The van der Waals surface area contributed by atoms with Gasteiger partial charge in [0.05, 0.1) is 6.61 Å². The molecule has 0 rings (SSSR count). The molecule has 0 heterocycles. The molecule has 2 atom stereocenters. The van der Waals surface area contributed by atoms with E-state index in [1.165, 1.54) is 0 Å². The van der Waals surface area contributed by atoms with E-state index in [1.54, 1.807) is 7.11 Å². The molecular weight excluding hydrogens is 379 g/mol. The number of likely N-dealkylation sites (N-methyl/N-ethyl adjacent to an activating group) is 1. The maximum absolute atomic E-state index is 12.6. The fourth-order valence-electron chi connectivity index (χ4n) is 3.19. The maximum atomic E-state index is 12.6. The lowest BCUT2D eigenvalue weighted by atomic mass is 10.1. The van der Waals surface area contributed by atoms with Crippen LogP contribution in [0.2, 0.25) is 0 Å². The lowest BCUT2D eigenvalue weighted by Gasteiger charge is -2.43. The molecule has 0 aromatic heterocycles. The Hall–Kier alpha value is -0.0000000000000000416. The highest BCUT2D eigenvalue weighted by atomic mass is 32.5. The number of ether oxygens (including phenoxy) is 1. The number of carbonyl (C=O) groups is 1. The van der Waals surface area contributed by atoms with Crippen molar-refractivity contribution in [3.63, 3.8) is 0 Å². The molecule has 0 saturated heterocycles. The van der Waals surface area contributed by atoms with Crippen molar-refractivity contribution < 1.29 is 14.1 Å². The summed E-state index contributed by atoms with van der Waals surface area (Å²) < 4.78 is 15.8. The van der Waals surface area contributed by atoms with Gasteiger partial charge in [-0.05, 0) is 31.6 Å². The standard InChI is InChI=1S/C20H43N2O3PS/c1-7-11-13-14-16-20(23)25-26(27,21(9-3)17-18-24-6)22(10-4)19(5)15-12-8-2/h19H,7-18H2,1-6H3. The highest BCUT2D eigenvalue weighted by Gasteiger charge is 2.37. The van der Waals surface area contributed by atoms with Gasteiger partial charge in [0.1, 0.15) is 0 Å². The second-order valence-corrected chi connectivity index (χ2v) is 10.7. The molecule has 27 heavy (non-hydrogen) atoms. The van der Waals surface area contributed by atoms with E-state index in [0.29, 0.717) is 25.6 Å². The molecule has 0 aromatic rings. The van der Waals surface area contributed by atoms with Crippen LogP contribution in [0, 0.1) is 0 Å². The first-order valence-corrected chi connectivity index (χ1v) is 13.4. The Labute approximate surface area is 173 Å². The second kappa shape index (κ2) is 15.9. The lowest BCUT2D eigenvalue weighted by molar-refractivity contribution is -0.134. The van der Waals surface area contributed by atoms with Gasteiger partial charge < -0.3 is 9.26 Å². The summed E-state index contributed by atoms with van der Waals surface area (Å²) in [5, 5.41) is 0. The summed E-state index contributed by atoms with van der Waals surface area (Å²) >= 11 is 6.13. The number of rotatable bonds is 17. The van der Waals surface area contributed by atoms with Crippen molar-refractivity contribution in [1.82, 2.24) is 9.34 Å². The van der Waals surface area contributed by atoms with E-state index in [-0.39, 0.29) is 5.97 Å². The first kappa shape index (κ1) is 27.0. The average molecular weight is 423 g/mol. The highest BCUT2D eigenvalue weighted by Crippen LogP contribution is 2.56. The SMILES string of the molecule is CCCCCCC(=O)OP(=S)(N(CC)CCOC)N(CC)C(C)CCCC. The number of unbranched alkanes of at least 4 members (excludes halogenated alkanes) is 4.